The van der Waals surface area contributed by atoms with Crippen LogP contribution < -0.4 is 5.73 Å². The Morgan fingerprint density at radius 2 is 1.86 bits per heavy atom. The summed E-state index contributed by atoms with van der Waals surface area (Å²) in [7, 11) is 0. The molecule has 2 fully saturated rings. The van der Waals surface area contributed by atoms with Gasteiger partial charge in [-0.3, -0.25) is 4.79 Å². The van der Waals surface area contributed by atoms with Crippen LogP contribution in [-0.2, 0) is 11.2 Å². The summed E-state index contributed by atoms with van der Waals surface area (Å²) >= 11 is 0. The third-order valence-electron chi connectivity index (χ3n) is 11.2. The second kappa shape index (κ2) is 15.9. The zero-order valence-electron chi connectivity index (χ0n) is 26.5. The first-order chi connectivity index (χ1) is 20.6. The van der Waals surface area contributed by atoms with E-state index in [-0.39, 0.29) is 17.4 Å². The van der Waals surface area contributed by atoms with Crippen LogP contribution in [-0.4, -0.2) is 49.2 Å². The molecule has 7 heteroatoms. The van der Waals surface area contributed by atoms with Gasteiger partial charge < -0.3 is 26.2 Å². The van der Waals surface area contributed by atoms with E-state index in [2.05, 4.69) is 24.1 Å². The molecule has 0 unspecified atom stereocenters. The zero-order valence-corrected chi connectivity index (χ0v) is 26.5. The van der Waals surface area contributed by atoms with Gasteiger partial charge in [0.1, 0.15) is 5.82 Å². The number of anilines is 1. The molecule has 2 saturated carbocycles. The van der Waals surface area contributed by atoms with Crippen LogP contribution in [0.4, 0.5) is 5.82 Å². The fourth-order valence-electron chi connectivity index (χ4n) is 8.77. The van der Waals surface area contributed by atoms with Gasteiger partial charge in [-0.1, -0.05) is 70.4 Å². The van der Waals surface area contributed by atoms with Crippen LogP contribution in [0.15, 0.2) is 30.5 Å². The van der Waals surface area contributed by atoms with Gasteiger partial charge in [0.05, 0.1) is 23.7 Å². The van der Waals surface area contributed by atoms with Crippen molar-refractivity contribution in [2.45, 2.75) is 147 Å². The van der Waals surface area contributed by atoms with E-state index >= 15 is 0 Å². The molecule has 0 bridgehead atoms. The quantitative estimate of drug-likeness (QED) is 0.0978. The highest BCUT2D eigenvalue weighted by Gasteiger charge is 2.54. The van der Waals surface area contributed by atoms with E-state index in [0.29, 0.717) is 43.3 Å². The molecule has 1 aromatic rings. The number of unbranched alkanes of at least 4 members (excludes halogenated alkanes) is 4. The summed E-state index contributed by atoms with van der Waals surface area (Å²) in [4.78, 5) is 16.2. The molecule has 0 amide bonds. The van der Waals surface area contributed by atoms with Crippen molar-refractivity contribution in [1.82, 2.24) is 4.98 Å². The Morgan fingerprint density at radius 1 is 1.09 bits per heavy atom. The second-order valence-corrected chi connectivity index (χ2v) is 14.5. The SMILES string of the molecule is CCCCC[C@@H]1C=C[C@@H](CCCCC[C@H](C(=O)O)[C@H](O)CC[C@@]2(O)C[C@@H](Cc3ccnc(N)c3)C3(CCCC3)C2)[C@H](O)C1. The smallest absolute Gasteiger partial charge is 0.309 e. The molecule has 1 aromatic heterocycles. The maximum atomic E-state index is 12.1. The largest absolute Gasteiger partial charge is 0.481 e. The number of hydrogen-bond acceptors (Lipinski definition) is 6. The molecule has 0 saturated heterocycles. The number of rotatable bonds is 17. The van der Waals surface area contributed by atoms with Crippen LogP contribution >= 0.6 is 0 Å². The highest BCUT2D eigenvalue weighted by molar-refractivity contribution is 5.70. The van der Waals surface area contributed by atoms with E-state index in [1.807, 2.05) is 12.1 Å². The molecule has 4 rings (SSSR count). The van der Waals surface area contributed by atoms with Gasteiger partial charge in [0, 0.05) is 12.1 Å². The summed E-state index contributed by atoms with van der Waals surface area (Å²) in [5.74, 6) is -0.217. The standard InChI is InChI=1S/C36H58N2O5/c1-2-3-5-10-26-13-14-28(32(40)22-26)11-6-4-7-12-30(34(41)42)31(39)15-19-36(43)24-29(35(25-36)17-8-9-18-35)21-27-16-20-38-33(37)23-27/h13-14,16,20,23,26,28-32,39-40,43H,2-12,15,17-19,21-22,24-25H2,1H3,(H2,37,38)(H,41,42)/t26-,28-,29-,30+,31-,32-,36-/m1/s1. The monoisotopic (exact) mass is 598 g/mol. The molecule has 1 heterocycles. The summed E-state index contributed by atoms with van der Waals surface area (Å²) < 4.78 is 0. The second-order valence-electron chi connectivity index (χ2n) is 14.5. The van der Waals surface area contributed by atoms with Gasteiger partial charge in [-0.2, -0.15) is 0 Å². The van der Waals surface area contributed by atoms with E-state index in [0.717, 1.165) is 69.8 Å². The molecule has 6 N–H and O–H groups in total. The summed E-state index contributed by atoms with van der Waals surface area (Å²) in [5, 5.41) is 43.3. The van der Waals surface area contributed by atoms with Crippen molar-refractivity contribution in [3.05, 3.63) is 36.0 Å². The fraction of sp³-hybridized carbons (Fsp3) is 0.778. The highest BCUT2D eigenvalue weighted by Crippen LogP contribution is 2.59. The van der Waals surface area contributed by atoms with Crippen molar-refractivity contribution in [1.29, 1.82) is 0 Å². The number of carboxylic acids is 1. The maximum Gasteiger partial charge on any atom is 0.309 e. The van der Waals surface area contributed by atoms with E-state index in [1.165, 1.54) is 32.1 Å². The van der Waals surface area contributed by atoms with Crippen LogP contribution in [0.5, 0.6) is 0 Å². The lowest BCUT2D eigenvalue weighted by Crippen LogP contribution is -2.33. The molecule has 43 heavy (non-hydrogen) atoms. The van der Waals surface area contributed by atoms with E-state index in [4.69, 9.17) is 5.73 Å². The Labute approximate surface area is 259 Å². The molecule has 7 nitrogen and oxygen atoms in total. The Hall–Kier alpha value is -1.96. The van der Waals surface area contributed by atoms with Crippen LogP contribution in [0, 0.1) is 29.1 Å². The Kier molecular flexibility index (Phi) is 12.5. The third kappa shape index (κ3) is 9.51. The number of aromatic nitrogens is 1. The van der Waals surface area contributed by atoms with E-state index < -0.39 is 23.6 Å². The van der Waals surface area contributed by atoms with E-state index in [9.17, 15) is 25.2 Å². The summed E-state index contributed by atoms with van der Waals surface area (Å²) in [6, 6.07) is 3.94. The number of nitrogens with zero attached hydrogens (tertiary/aromatic N) is 1. The topological polar surface area (TPSA) is 137 Å². The summed E-state index contributed by atoms with van der Waals surface area (Å²) in [6.45, 7) is 2.21. The van der Waals surface area contributed by atoms with Crippen molar-refractivity contribution in [2.24, 2.45) is 29.1 Å². The first-order valence-corrected chi connectivity index (χ1v) is 17.3. The average molecular weight is 599 g/mol. The molecule has 242 valence electrons. The predicted octanol–water partition coefficient (Wildman–Crippen LogP) is 6.83. The molecule has 0 aliphatic heterocycles. The van der Waals surface area contributed by atoms with Crippen molar-refractivity contribution < 1.29 is 25.2 Å². The molecule has 0 radical (unpaired) electrons. The number of nitrogen functional groups attached to an aromatic ring is 1. The van der Waals surface area contributed by atoms with Crippen LogP contribution in [0.25, 0.3) is 0 Å². The molecule has 0 aromatic carbocycles. The number of pyridine rings is 1. The summed E-state index contributed by atoms with van der Waals surface area (Å²) in [5.41, 5.74) is 6.32. The van der Waals surface area contributed by atoms with E-state index in [1.54, 1.807) is 6.20 Å². The normalized spacial score (nSPS) is 29.7. The maximum absolute atomic E-state index is 12.1. The van der Waals surface area contributed by atoms with Crippen molar-refractivity contribution in [2.75, 3.05) is 5.73 Å². The van der Waals surface area contributed by atoms with Gasteiger partial charge in [0.15, 0.2) is 0 Å². The number of carbonyl (C=O) groups is 1. The minimum Gasteiger partial charge on any atom is -0.481 e. The lowest BCUT2D eigenvalue weighted by molar-refractivity contribution is -0.146. The minimum atomic E-state index is -0.965. The lowest BCUT2D eigenvalue weighted by Gasteiger charge is -2.32. The highest BCUT2D eigenvalue weighted by atomic mass is 16.4. The zero-order chi connectivity index (χ0) is 30.9. The first kappa shape index (κ1) is 33.9. The van der Waals surface area contributed by atoms with Gasteiger partial charge in [-0.05, 0) is 106 Å². The summed E-state index contributed by atoms with van der Waals surface area (Å²) in [6.07, 6.45) is 22.3. The molecule has 1 spiro atoms. The molecule has 3 aliphatic rings. The predicted molar refractivity (Wildman–Crippen MR) is 171 cm³/mol. The number of aliphatic hydroxyl groups excluding tert-OH is 2. The number of hydrogen-bond donors (Lipinski definition) is 5. The van der Waals surface area contributed by atoms with Gasteiger partial charge in [-0.25, -0.2) is 4.98 Å². The van der Waals surface area contributed by atoms with Crippen LogP contribution in [0.2, 0.25) is 0 Å². The van der Waals surface area contributed by atoms with Gasteiger partial charge in [-0.15, -0.1) is 0 Å². The number of nitrogens with two attached hydrogens (primary N) is 1. The van der Waals surface area contributed by atoms with Crippen LogP contribution in [0.3, 0.4) is 0 Å². The Morgan fingerprint density at radius 3 is 2.56 bits per heavy atom. The molecule has 3 aliphatic carbocycles. The van der Waals surface area contributed by atoms with Gasteiger partial charge in [0.25, 0.3) is 0 Å². The number of aliphatic carboxylic acids is 1. The molecular weight excluding hydrogens is 540 g/mol. The van der Waals surface area contributed by atoms with Crippen LogP contribution in [0.1, 0.15) is 128 Å². The average Bonchev–Trinajstić information content (AvgIpc) is 3.54. The van der Waals surface area contributed by atoms with Gasteiger partial charge in [0.2, 0.25) is 0 Å². The van der Waals surface area contributed by atoms with Crippen molar-refractivity contribution in [3.8, 4) is 0 Å². The number of aliphatic hydroxyl groups is 3. The van der Waals surface area contributed by atoms with Gasteiger partial charge >= 0.3 is 5.97 Å². The minimum absolute atomic E-state index is 0.112. The Balaban J connectivity index is 1.21. The number of carboxylic acid groups (broad SMARTS) is 1. The van der Waals surface area contributed by atoms with Crippen molar-refractivity contribution in [3.63, 3.8) is 0 Å². The third-order valence-corrected chi connectivity index (χ3v) is 11.2. The van der Waals surface area contributed by atoms with Crippen molar-refractivity contribution >= 4 is 11.8 Å². The Bertz CT molecular complexity index is 1040. The first-order valence-electron chi connectivity index (χ1n) is 17.3. The lowest BCUT2D eigenvalue weighted by atomic mass is 9.73. The molecule has 7 atom stereocenters. The number of allylic oxidation sites excluding steroid dienone is 1. The molecular formula is C36H58N2O5. The fourth-order valence-corrected chi connectivity index (χ4v) is 8.77.